The van der Waals surface area contributed by atoms with E-state index in [9.17, 15) is 4.79 Å². The van der Waals surface area contributed by atoms with Gasteiger partial charge in [-0.1, -0.05) is 24.4 Å². The molecule has 0 aliphatic rings. The van der Waals surface area contributed by atoms with E-state index in [0.29, 0.717) is 11.3 Å². The number of likely N-dealkylation sites (N-methyl/N-ethyl adjacent to an activating group) is 1. The highest BCUT2D eigenvalue weighted by Crippen LogP contribution is 2.18. The maximum Gasteiger partial charge on any atom is 0.257 e. The van der Waals surface area contributed by atoms with Crippen molar-refractivity contribution in [3.05, 3.63) is 29.8 Å². The summed E-state index contributed by atoms with van der Waals surface area (Å²) in [6.45, 7) is 0.256. The van der Waals surface area contributed by atoms with Crippen LogP contribution >= 0.6 is 12.2 Å². The molecule has 0 aliphatic carbocycles. The van der Waals surface area contributed by atoms with E-state index in [4.69, 9.17) is 22.7 Å². The molecule has 16 heavy (non-hydrogen) atoms. The van der Waals surface area contributed by atoms with E-state index in [0.717, 1.165) is 0 Å². The van der Waals surface area contributed by atoms with E-state index in [-0.39, 0.29) is 17.4 Å². The Morgan fingerprint density at radius 1 is 1.50 bits per heavy atom. The Balaban J connectivity index is 2.91. The third-order valence-corrected chi connectivity index (χ3v) is 2.21. The lowest BCUT2D eigenvalue weighted by atomic mass is 10.2. The fourth-order valence-corrected chi connectivity index (χ4v) is 1.53. The molecule has 0 fully saturated rings. The van der Waals surface area contributed by atoms with Crippen molar-refractivity contribution in [3.63, 3.8) is 0 Å². The second-order valence-electron chi connectivity index (χ2n) is 3.33. The van der Waals surface area contributed by atoms with Crippen LogP contribution < -0.4 is 10.5 Å². The third kappa shape index (κ3) is 2.93. The third-order valence-electron chi connectivity index (χ3n) is 2.08. The first-order valence-corrected chi connectivity index (χ1v) is 5.14. The fraction of sp³-hybridized carbons (Fsp3) is 0.273. The lowest BCUT2D eigenvalue weighted by Gasteiger charge is -2.17. The van der Waals surface area contributed by atoms with Gasteiger partial charge in [0.2, 0.25) is 0 Å². The molecule has 0 aliphatic heterocycles. The predicted octanol–water partition coefficient (Wildman–Crippen LogP) is 1.05. The van der Waals surface area contributed by atoms with Gasteiger partial charge in [-0.3, -0.25) is 4.79 Å². The standard InChI is InChI=1S/C11H14N2O2S/c1-13(7-10(12)16)11(14)8-5-3-4-6-9(8)15-2/h3-6H,7H2,1-2H3,(H2,12,16). The molecule has 4 nitrogen and oxygen atoms in total. The number of methoxy groups -OCH3 is 1. The highest BCUT2D eigenvalue weighted by atomic mass is 32.1. The summed E-state index contributed by atoms with van der Waals surface area (Å²) in [4.78, 5) is 13.7. The van der Waals surface area contributed by atoms with E-state index in [1.807, 2.05) is 6.07 Å². The van der Waals surface area contributed by atoms with Crippen LogP contribution in [0.5, 0.6) is 5.75 Å². The van der Waals surface area contributed by atoms with Crippen LogP contribution in [0.2, 0.25) is 0 Å². The van der Waals surface area contributed by atoms with Crippen molar-refractivity contribution in [3.8, 4) is 5.75 Å². The maximum atomic E-state index is 12.0. The number of nitrogens with two attached hydrogens (primary N) is 1. The van der Waals surface area contributed by atoms with Crippen LogP contribution in [0.4, 0.5) is 0 Å². The number of thiocarbonyl (C=S) groups is 1. The zero-order chi connectivity index (χ0) is 12.1. The molecular formula is C11H14N2O2S. The van der Waals surface area contributed by atoms with Crippen LogP contribution in [0, 0.1) is 0 Å². The van der Waals surface area contributed by atoms with Gasteiger partial charge in [0, 0.05) is 7.05 Å². The summed E-state index contributed by atoms with van der Waals surface area (Å²) in [5.41, 5.74) is 5.89. The number of ether oxygens (including phenoxy) is 1. The molecule has 0 heterocycles. The second-order valence-corrected chi connectivity index (χ2v) is 3.85. The van der Waals surface area contributed by atoms with Gasteiger partial charge >= 0.3 is 0 Å². The summed E-state index contributed by atoms with van der Waals surface area (Å²) in [7, 11) is 3.17. The van der Waals surface area contributed by atoms with Gasteiger partial charge in [0.1, 0.15) is 5.75 Å². The van der Waals surface area contributed by atoms with Crippen molar-refractivity contribution in [2.45, 2.75) is 0 Å². The first kappa shape index (κ1) is 12.4. The zero-order valence-electron chi connectivity index (χ0n) is 9.27. The second kappa shape index (κ2) is 5.46. The number of benzene rings is 1. The van der Waals surface area contributed by atoms with Gasteiger partial charge < -0.3 is 15.4 Å². The summed E-state index contributed by atoms with van der Waals surface area (Å²) >= 11 is 4.75. The molecule has 0 atom stereocenters. The average molecular weight is 238 g/mol. The van der Waals surface area contributed by atoms with Crippen molar-refractivity contribution in [1.82, 2.24) is 4.90 Å². The number of carbonyl (C=O) groups excluding carboxylic acids is 1. The molecule has 0 aromatic heterocycles. The van der Waals surface area contributed by atoms with E-state index in [2.05, 4.69) is 0 Å². The van der Waals surface area contributed by atoms with Gasteiger partial charge in [0.05, 0.1) is 24.2 Å². The van der Waals surface area contributed by atoms with Gasteiger partial charge in [0.15, 0.2) is 0 Å². The minimum atomic E-state index is -0.162. The van der Waals surface area contributed by atoms with Crippen LogP contribution in [0.15, 0.2) is 24.3 Å². The summed E-state index contributed by atoms with van der Waals surface area (Å²) in [5.74, 6) is 0.382. The Bertz CT molecular complexity index is 407. The van der Waals surface area contributed by atoms with Crippen LogP contribution in [0.3, 0.4) is 0 Å². The minimum absolute atomic E-state index is 0.162. The van der Waals surface area contributed by atoms with Crippen LogP contribution in [0.1, 0.15) is 10.4 Å². The molecule has 86 valence electrons. The Hall–Kier alpha value is -1.62. The SMILES string of the molecule is COc1ccccc1C(=O)N(C)CC(N)=S. The Morgan fingerprint density at radius 2 is 2.12 bits per heavy atom. The Kier molecular flexibility index (Phi) is 4.25. The maximum absolute atomic E-state index is 12.0. The normalized spacial score (nSPS) is 9.62. The van der Waals surface area contributed by atoms with E-state index >= 15 is 0 Å². The largest absolute Gasteiger partial charge is 0.496 e. The van der Waals surface area contributed by atoms with Gasteiger partial charge in [-0.05, 0) is 12.1 Å². The molecule has 1 aromatic carbocycles. The van der Waals surface area contributed by atoms with Crippen molar-refractivity contribution in [2.24, 2.45) is 5.73 Å². The van der Waals surface area contributed by atoms with Gasteiger partial charge in [-0.25, -0.2) is 0 Å². The Labute approximate surface area is 100.0 Å². The fourth-order valence-electron chi connectivity index (χ4n) is 1.33. The molecule has 0 spiro atoms. The molecule has 5 heteroatoms. The van der Waals surface area contributed by atoms with Crippen molar-refractivity contribution in [1.29, 1.82) is 0 Å². The van der Waals surface area contributed by atoms with Gasteiger partial charge in [0.25, 0.3) is 5.91 Å². The predicted molar refractivity (Wildman–Crippen MR) is 66.7 cm³/mol. The molecule has 0 saturated heterocycles. The van der Waals surface area contributed by atoms with Crippen molar-refractivity contribution >= 4 is 23.1 Å². The molecule has 1 rings (SSSR count). The first-order chi connectivity index (χ1) is 7.56. The lowest BCUT2D eigenvalue weighted by molar-refractivity contribution is 0.0812. The highest BCUT2D eigenvalue weighted by molar-refractivity contribution is 7.80. The highest BCUT2D eigenvalue weighted by Gasteiger charge is 2.16. The topological polar surface area (TPSA) is 55.6 Å². The summed E-state index contributed by atoms with van der Waals surface area (Å²) in [5, 5.41) is 0. The molecule has 0 radical (unpaired) electrons. The molecule has 1 amide bonds. The zero-order valence-corrected chi connectivity index (χ0v) is 10.1. The van der Waals surface area contributed by atoms with Crippen LogP contribution in [0.25, 0.3) is 0 Å². The smallest absolute Gasteiger partial charge is 0.257 e. The van der Waals surface area contributed by atoms with E-state index in [1.165, 1.54) is 12.0 Å². The number of hydrogen-bond donors (Lipinski definition) is 1. The number of hydrogen-bond acceptors (Lipinski definition) is 3. The van der Waals surface area contributed by atoms with Gasteiger partial charge in [-0.2, -0.15) is 0 Å². The summed E-state index contributed by atoms with van der Waals surface area (Å²) < 4.78 is 5.11. The van der Waals surface area contributed by atoms with E-state index in [1.54, 1.807) is 25.2 Å². The van der Waals surface area contributed by atoms with Crippen molar-refractivity contribution < 1.29 is 9.53 Å². The molecule has 2 N–H and O–H groups in total. The molecule has 0 unspecified atom stereocenters. The quantitative estimate of drug-likeness (QED) is 0.797. The monoisotopic (exact) mass is 238 g/mol. The molecule has 0 bridgehead atoms. The number of rotatable bonds is 4. The van der Waals surface area contributed by atoms with Crippen molar-refractivity contribution in [2.75, 3.05) is 20.7 Å². The number of carbonyl (C=O) groups is 1. The summed E-state index contributed by atoms with van der Waals surface area (Å²) in [6, 6.07) is 7.03. The Morgan fingerprint density at radius 3 is 2.69 bits per heavy atom. The van der Waals surface area contributed by atoms with Gasteiger partial charge in [-0.15, -0.1) is 0 Å². The summed E-state index contributed by atoms with van der Waals surface area (Å²) in [6.07, 6.45) is 0. The molecule has 0 saturated carbocycles. The minimum Gasteiger partial charge on any atom is -0.496 e. The molecule has 1 aromatic rings. The van der Waals surface area contributed by atoms with E-state index < -0.39 is 0 Å². The molecular weight excluding hydrogens is 224 g/mol. The van der Waals surface area contributed by atoms with Crippen LogP contribution in [-0.2, 0) is 0 Å². The number of amides is 1. The number of nitrogens with zero attached hydrogens (tertiary/aromatic N) is 1. The van der Waals surface area contributed by atoms with Crippen LogP contribution in [-0.4, -0.2) is 36.5 Å². The lowest BCUT2D eigenvalue weighted by Crippen LogP contribution is -2.34. The first-order valence-electron chi connectivity index (χ1n) is 4.73. The average Bonchev–Trinajstić information content (AvgIpc) is 2.27. The number of para-hydroxylation sites is 1.